The Morgan fingerprint density at radius 1 is 1.19 bits per heavy atom. The molecule has 0 aromatic heterocycles. The molecule has 2 aromatic carbocycles. The summed E-state index contributed by atoms with van der Waals surface area (Å²) in [5.41, 5.74) is 7.97. The topological polar surface area (TPSA) is 67.5 Å². The molecule has 0 unspecified atom stereocenters. The predicted molar refractivity (Wildman–Crippen MR) is 91.9 cm³/mol. The van der Waals surface area contributed by atoms with Crippen LogP contribution in [-0.4, -0.2) is 18.9 Å². The van der Waals surface area contributed by atoms with Crippen molar-refractivity contribution in [3.63, 3.8) is 0 Å². The highest BCUT2D eigenvalue weighted by Gasteiger charge is 2.08. The van der Waals surface area contributed by atoms with Crippen LogP contribution in [-0.2, 0) is 0 Å². The van der Waals surface area contributed by atoms with Crippen LogP contribution in [0.2, 0.25) is 0 Å². The molecule has 2 rings (SSSR count). The second-order valence-corrected chi connectivity index (χ2v) is 5.93. The van der Waals surface area contributed by atoms with E-state index in [2.05, 4.69) is 16.4 Å². The zero-order valence-corrected chi connectivity index (χ0v) is 12.9. The zero-order chi connectivity index (χ0) is 15.1. The molecule has 3 N–H and O–H groups in total. The number of nitrogens with two attached hydrogens (primary N) is 1. The molecule has 0 bridgehead atoms. The molecule has 0 amide bonds. The number of hydrogen-bond acceptors (Lipinski definition) is 6. The van der Waals surface area contributed by atoms with Crippen molar-refractivity contribution in [1.29, 1.82) is 0 Å². The van der Waals surface area contributed by atoms with Crippen LogP contribution in [0.4, 0.5) is 11.4 Å². The van der Waals surface area contributed by atoms with Crippen molar-refractivity contribution < 1.29 is 4.79 Å². The monoisotopic (exact) mass is 317 g/mol. The zero-order valence-electron chi connectivity index (χ0n) is 11.3. The minimum atomic E-state index is 0.497. The summed E-state index contributed by atoms with van der Waals surface area (Å²) in [6, 6.07) is 13.2. The molecule has 0 saturated heterocycles. The molecule has 2 aromatic rings. The SMILES string of the molecule is C=Nc1c(SCN)cccc1SNc1ccc(C=O)cc1. The number of thioether (sulfide) groups is 1. The van der Waals surface area contributed by atoms with Crippen molar-refractivity contribution in [3.8, 4) is 0 Å². The van der Waals surface area contributed by atoms with Crippen molar-refractivity contribution >= 4 is 48.1 Å². The number of benzene rings is 2. The number of hydrogen-bond donors (Lipinski definition) is 2. The van der Waals surface area contributed by atoms with E-state index in [9.17, 15) is 4.79 Å². The molecule has 0 saturated carbocycles. The van der Waals surface area contributed by atoms with Crippen LogP contribution in [0, 0.1) is 0 Å². The molecule has 0 atom stereocenters. The number of nitrogens with one attached hydrogen (secondary N) is 1. The molecule has 0 spiro atoms. The largest absolute Gasteiger partial charge is 0.326 e. The first-order chi connectivity index (χ1) is 10.3. The van der Waals surface area contributed by atoms with Gasteiger partial charge in [-0.3, -0.25) is 9.79 Å². The first-order valence-electron chi connectivity index (χ1n) is 6.19. The van der Waals surface area contributed by atoms with Gasteiger partial charge in [-0.15, -0.1) is 11.8 Å². The van der Waals surface area contributed by atoms with Crippen LogP contribution in [0.15, 0.2) is 57.2 Å². The Kier molecular flexibility index (Phi) is 5.86. The summed E-state index contributed by atoms with van der Waals surface area (Å²) in [6.45, 7) is 3.63. The van der Waals surface area contributed by atoms with E-state index in [1.54, 1.807) is 12.1 Å². The van der Waals surface area contributed by atoms with Gasteiger partial charge >= 0.3 is 0 Å². The maximum absolute atomic E-state index is 10.6. The Balaban J connectivity index is 2.13. The second kappa shape index (κ2) is 7.87. The average molecular weight is 317 g/mol. The third-order valence-electron chi connectivity index (χ3n) is 2.68. The molecular weight excluding hydrogens is 302 g/mol. The molecule has 0 aliphatic rings. The summed E-state index contributed by atoms with van der Waals surface area (Å²) in [5.74, 6) is 0.497. The first kappa shape index (κ1) is 15.6. The Bertz CT molecular complexity index is 629. The first-order valence-corrected chi connectivity index (χ1v) is 7.99. The number of aldehydes is 1. The van der Waals surface area contributed by atoms with E-state index < -0.39 is 0 Å². The fraction of sp³-hybridized carbons (Fsp3) is 0.0667. The lowest BCUT2D eigenvalue weighted by Crippen LogP contribution is -1.93. The molecule has 6 heteroatoms. The maximum atomic E-state index is 10.6. The summed E-state index contributed by atoms with van der Waals surface area (Å²) >= 11 is 2.98. The van der Waals surface area contributed by atoms with Gasteiger partial charge in [-0.05, 0) is 55.1 Å². The van der Waals surface area contributed by atoms with Crippen molar-refractivity contribution in [2.75, 3.05) is 10.6 Å². The minimum Gasteiger partial charge on any atom is -0.326 e. The summed E-state index contributed by atoms with van der Waals surface area (Å²) in [5, 5.41) is 0. The Morgan fingerprint density at radius 3 is 2.52 bits per heavy atom. The van der Waals surface area contributed by atoms with Crippen molar-refractivity contribution in [2.45, 2.75) is 9.79 Å². The molecule has 21 heavy (non-hydrogen) atoms. The predicted octanol–water partition coefficient (Wildman–Crippen LogP) is 3.96. The lowest BCUT2D eigenvalue weighted by molar-refractivity contribution is 0.112. The lowest BCUT2D eigenvalue weighted by Gasteiger charge is -2.10. The van der Waals surface area contributed by atoms with Crippen molar-refractivity contribution in [3.05, 3.63) is 48.0 Å². The third-order valence-corrected chi connectivity index (χ3v) is 4.38. The van der Waals surface area contributed by atoms with Gasteiger partial charge in [0.1, 0.15) is 6.29 Å². The van der Waals surface area contributed by atoms with Crippen LogP contribution < -0.4 is 10.5 Å². The summed E-state index contributed by atoms with van der Waals surface area (Å²) in [7, 11) is 0. The van der Waals surface area contributed by atoms with Crippen LogP contribution in [0.3, 0.4) is 0 Å². The standard InChI is InChI=1S/C15H15N3OS2/c1-17-15-13(20-10-16)3-2-4-14(15)21-18-12-7-5-11(9-19)6-8-12/h2-9,18H,1,10,16H2. The fourth-order valence-electron chi connectivity index (χ4n) is 1.69. The van der Waals surface area contributed by atoms with Gasteiger partial charge in [-0.2, -0.15) is 0 Å². The number of rotatable bonds is 7. The Morgan fingerprint density at radius 2 is 1.90 bits per heavy atom. The van der Waals surface area contributed by atoms with E-state index in [4.69, 9.17) is 5.73 Å². The third kappa shape index (κ3) is 4.10. The van der Waals surface area contributed by atoms with Crippen LogP contribution in [0.5, 0.6) is 0 Å². The molecule has 4 nitrogen and oxygen atoms in total. The lowest BCUT2D eigenvalue weighted by atomic mass is 10.2. The summed E-state index contributed by atoms with van der Waals surface area (Å²) in [6.07, 6.45) is 0.824. The number of nitrogens with zero attached hydrogens (tertiary/aromatic N) is 1. The Hall–Kier alpha value is -1.76. The van der Waals surface area contributed by atoms with Crippen LogP contribution in [0.1, 0.15) is 10.4 Å². The number of anilines is 1. The minimum absolute atomic E-state index is 0.497. The van der Waals surface area contributed by atoms with E-state index >= 15 is 0 Å². The van der Waals surface area contributed by atoms with Crippen molar-refractivity contribution in [1.82, 2.24) is 0 Å². The molecule has 0 aliphatic carbocycles. The van der Waals surface area contributed by atoms with Crippen LogP contribution >= 0.6 is 23.7 Å². The van der Waals surface area contributed by atoms with E-state index in [0.29, 0.717) is 11.4 Å². The average Bonchev–Trinajstić information content (AvgIpc) is 2.54. The van der Waals surface area contributed by atoms with Gasteiger partial charge in [-0.25, -0.2) is 0 Å². The highest BCUT2D eigenvalue weighted by atomic mass is 32.2. The number of carbonyl (C=O) groups excluding carboxylic acids is 1. The van der Waals surface area contributed by atoms with Gasteiger partial charge in [0.15, 0.2) is 0 Å². The Labute approximate surface area is 132 Å². The van der Waals surface area contributed by atoms with Gasteiger partial charge in [0.05, 0.1) is 10.6 Å². The molecular formula is C15H15N3OS2. The summed E-state index contributed by atoms with van der Waals surface area (Å²) < 4.78 is 3.23. The highest BCUT2D eigenvalue weighted by Crippen LogP contribution is 2.37. The summed E-state index contributed by atoms with van der Waals surface area (Å²) in [4.78, 5) is 16.7. The normalized spacial score (nSPS) is 10.1. The molecule has 0 radical (unpaired) electrons. The van der Waals surface area contributed by atoms with E-state index in [1.807, 2.05) is 30.3 Å². The fourth-order valence-corrected chi connectivity index (χ4v) is 3.20. The van der Waals surface area contributed by atoms with Gasteiger partial charge < -0.3 is 10.5 Å². The molecule has 108 valence electrons. The second-order valence-electron chi connectivity index (χ2n) is 4.02. The van der Waals surface area contributed by atoms with E-state index in [-0.39, 0.29) is 0 Å². The number of carbonyl (C=O) groups is 1. The molecule has 0 fully saturated rings. The number of aliphatic imine (C=N–C) groups is 1. The molecule has 0 heterocycles. The van der Waals surface area contributed by atoms with E-state index in [0.717, 1.165) is 27.5 Å². The van der Waals surface area contributed by atoms with Gasteiger partial charge in [0.2, 0.25) is 0 Å². The smallest absolute Gasteiger partial charge is 0.150 e. The maximum Gasteiger partial charge on any atom is 0.150 e. The van der Waals surface area contributed by atoms with E-state index in [1.165, 1.54) is 23.7 Å². The highest BCUT2D eigenvalue weighted by molar-refractivity contribution is 8.01. The van der Waals surface area contributed by atoms with Crippen LogP contribution in [0.25, 0.3) is 0 Å². The van der Waals surface area contributed by atoms with Gasteiger partial charge in [0.25, 0.3) is 0 Å². The number of para-hydroxylation sites is 1. The van der Waals surface area contributed by atoms with Gasteiger partial charge in [-0.1, -0.05) is 6.07 Å². The quantitative estimate of drug-likeness (QED) is 0.266. The van der Waals surface area contributed by atoms with Crippen molar-refractivity contribution in [2.24, 2.45) is 10.7 Å². The molecule has 0 aliphatic heterocycles. The van der Waals surface area contributed by atoms with Gasteiger partial charge in [0, 0.05) is 22.0 Å².